The van der Waals surface area contributed by atoms with E-state index in [-0.39, 0.29) is 17.9 Å². The van der Waals surface area contributed by atoms with Crippen molar-refractivity contribution in [1.29, 1.82) is 0 Å². The Morgan fingerprint density at radius 3 is 2.73 bits per heavy atom. The van der Waals surface area contributed by atoms with Gasteiger partial charge >= 0.3 is 0 Å². The van der Waals surface area contributed by atoms with Gasteiger partial charge in [0.2, 0.25) is 5.91 Å². The molecule has 2 aromatic rings. The van der Waals surface area contributed by atoms with Crippen molar-refractivity contribution in [3.05, 3.63) is 54.0 Å². The number of piperidine rings is 1. The molecule has 1 aliphatic heterocycles. The van der Waals surface area contributed by atoms with E-state index in [1.807, 2.05) is 24.3 Å². The molecule has 1 aromatic heterocycles. The van der Waals surface area contributed by atoms with Crippen molar-refractivity contribution in [2.24, 2.45) is 0 Å². The second-order valence-corrected chi connectivity index (χ2v) is 6.46. The third-order valence-corrected chi connectivity index (χ3v) is 4.65. The Labute approximate surface area is 153 Å². The van der Waals surface area contributed by atoms with Gasteiger partial charge in [-0.15, -0.1) is 0 Å². The van der Waals surface area contributed by atoms with Crippen molar-refractivity contribution < 1.29 is 18.7 Å². The molecule has 2 heterocycles. The van der Waals surface area contributed by atoms with Crippen LogP contribution >= 0.6 is 0 Å². The number of likely N-dealkylation sites (tertiary alicyclic amines) is 1. The highest BCUT2D eigenvalue weighted by atomic mass is 16.5. The van der Waals surface area contributed by atoms with Crippen LogP contribution in [-0.4, -0.2) is 43.0 Å². The minimum absolute atomic E-state index is 0.0450. The number of carbonyl (C=O) groups excluding carboxylic acids is 2. The van der Waals surface area contributed by atoms with Crippen LogP contribution in [0, 0.1) is 0 Å². The first kappa shape index (κ1) is 18.0. The minimum Gasteiger partial charge on any atom is -0.497 e. The first-order chi connectivity index (χ1) is 12.7. The summed E-state index contributed by atoms with van der Waals surface area (Å²) in [5.74, 6) is 1.13. The van der Waals surface area contributed by atoms with E-state index >= 15 is 0 Å². The van der Waals surface area contributed by atoms with Crippen molar-refractivity contribution in [3.8, 4) is 5.75 Å². The van der Waals surface area contributed by atoms with Crippen molar-refractivity contribution in [1.82, 2.24) is 10.2 Å². The maximum absolute atomic E-state index is 12.2. The number of hydrogen-bond donors (Lipinski definition) is 1. The molecule has 0 aliphatic carbocycles. The average molecular weight is 356 g/mol. The van der Waals surface area contributed by atoms with Gasteiger partial charge in [-0.25, -0.2) is 0 Å². The molecule has 1 aromatic carbocycles. The zero-order valence-electron chi connectivity index (χ0n) is 14.9. The average Bonchev–Trinajstić information content (AvgIpc) is 3.21. The van der Waals surface area contributed by atoms with E-state index in [0.29, 0.717) is 31.7 Å². The fourth-order valence-corrected chi connectivity index (χ4v) is 3.17. The highest BCUT2D eigenvalue weighted by molar-refractivity contribution is 5.91. The molecule has 0 bridgehead atoms. The molecule has 26 heavy (non-hydrogen) atoms. The Hall–Kier alpha value is -2.76. The van der Waals surface area contributed by atoms with Crippen LogP contribution in [0.15, 0.2) is 47.1 Å². The molecule has 0 unspecified atom stereocenters. The number of benzene rings is 1. The first-order valence-electron chi connectivity index (χ1n) is 8.91. The Balaban J connectivity index is 1.41. The fraction of sp³-hybridized carbons (Fsp3) is 0.400. The molecule has 2 amide bonds. The van der Waals surface area contributed by atoms with E-state index in [9.17, 15) is 9.59 Å². The van der Waals surface area contributed by atoms with Crippen LogP contribution in [-0.2, 0) is 11.2 Å². The Morgan fingerprint density at radius 1 is 1.23 bits per heavy atom. The molecule has 0 saturated carbocycles. The lowest BCUT2D eigenvalue weighted by molar-refractivity contribution is -0.122. The summed E-state index contributed by atoms with van der Waals surface area (Å²) in [7, 11) is 1.63. The van der Waals surface area contributed by atoms with Crippen LogP contribution < -0.4 is 10.1 Å². The Bertz CT molecular complexity index is 734. The largest absolute Gasteiger partial charge is 0.497 e. The molecule has 0 atom stereocenters. The molecule has 138 valence electrons. The molecule has 6 heteroatoms. The van der Waals surface area contributed by atoms with Gasteiger partial charge < -0.3 is 19.4 Å². The van der Waals surface area contributed by atoms with Gasteiger partial charge in [-0.2, -0.15) is 0 Å². The lowest BCUT2D eigenvalue weighted by Gasteiger charge is -2.31. The summed E-state index contributed by atoms with van der Waals surface area (Å²) >= 11 is 0. The molecule has 1 fully saturated rings. The summed E-state index contributed by atoms with van der Waals surface area (Å²) in [6, 6.07) is 11.3. The second-order valence-electron chi connectivity index (χ2n) is 6.46. The standard InChI is InChI=1S/C20H24N2O4/c1-25-17-5-2-4-15(14-17)7-8-19(23)21-16-9-11-22(12-10-16)20(24)18-6-3-13-26-18/h2-6,13-14,16H,7-12H2,1H3,(H,21,23). The zero-order chi connectivity index (χ0) is 18.4. The van der Waals surface area contributed by atoms with Gasteiger partial charge in [0.15, 0.2) is 5.76 Å². The number of methoxy groups -OCH3 is 1. The van der Waals surface area contributed by atoms with Crippen LogP contribution in [0.3, 0.4) is 0 Å². The molecule has 1 N–H and O–H groups in total. The van der Waals surface area contributed by atoms with Crippen molar-refractivity contribution in [3.63, 3.8) is 0 Å². The predicted octanol–water partition coefficient (Wildman–Crippen LogP) is 2.64. The number of nitrogens with zero attached hydrogens (tertiary/aromatic N) is 1. The zero-order valence-corrected chi connectivity index (χ0v) is 14.9. The highest BCUT2D eigenvalue weighted by Gasteiger charge is 2.25. The molecular weight excluding hydrogens is 332 g/mol. The van der Waals surface area contributed by atoms with E-state index < -0.39 is 0 Å². The fourth-order valence-electron chi connectivity index (χ4n) is 3.17. The number of hydrogen-bond acceptors (Lipinski definition) is 4. The molecule has 0 radical (unpaired) electrons. The third kappa shape index (κ3) is 4.65. The maximum atomic E-state index is 12.2. The van der Waals surface area contributed by atoms with E-state index in [0.717, 1.165) is 24.2 Å². The molecule has 1 saturated heterocycles. The lowest BCUT2D eigenvalue weighted by Crippen LogP contribution is -2.46. The summed E-state index contributed by atoms with van der Waals surface area (Å²) in [4.78, 5) is 26.2. The number of carbonyl (C=O) groups is 2. The third-order valence-electron chi connectivity index (χ3n) is 4.65. The number of ether oxygens (including phenoxy) is 1. The smallest absolute Gasteiger partial charge is 0.289 e. The lowest BCUT2D eigenvalue weighted by atomic mass is 10.0. The van der Waals surface area contributed by atoms with Gasteiger partial charge in [-0.05, 0) is 49.1 Å². The molecular formula is C20H24N2O4. The van der Waals surface area contributed by atoms with Crippen molar-refractivity contribution in [2.45, 2.75) is 31.7 Å². The van der Waals surface area contributed by atoms with Gasteiger partial charge in [0, 0.05) is 25.6 Å². The van der Waals surface area contributed by atoms with E-state index in [4.69, 9.17) is 9.15 Å². The summed E-state index contributed by atoms with van der Waals surface area (Å²) in [6.45, 7) is 1.25. The van der Waals surface area contributed by atoms with Gasteiger partial charge in [0.05, 0.1) is 13.4 Å². The van der Waals surface area contributed by atoms with Crippen LogP contribution in [0.5, 0.6) is 5.75 Å². The summed E-state index contributed by atoms with van der Waals surface area (Å²) in [5.41, 5.74) is 1.08. The Morgan fingerprint density at radius 2 is 2.04 bits per heavy atom. The maximum Gasteiger partial charge on any atom is 0.289 e. The molecule has 3 rings (SSSR count). The van der Waals surface area contributed by atoms with Crippen LogP contribution in [0.4, 0.5) is 0 Å². The molecule has 1 aliphatic rings. The number of nitrogens with one attached hydrogen (secondary N) is 1. The predicted molar refractivity (Wildman–Crippen MR) is 97.1 cm³/mol. The van der Waals surface area contributed by atoms with Gasteiger partial charge in [0.25, 0.3) is 5.91 Å². The quantitative estimate of drug-likeness (QED) is 0.864. The van der Waals surface area contributed by atoms with E-state index in [1.54, 1.807) is 24.1 Å². The van der Waals surface area contributed by atoms with Crippen molar-refractivity contribution >= 4 is 11.8 Å². The monoisotopic (exact) mass is 356 g/mol. The van der Waals surface area contributed by atoms with Crippen LogP contribution in [0.25, 0.3) is 0 Å². The van der Waals surface area contributed by atoms with Crippen LogP contribution in [0.1, 0.15) is 35.4 Å². The minimum atomic E-state index is -0.0854. The van der Waals surface area contributed by atoms with E-state index in [1.165, 1.54) is 6.26 Å². The number of furan rings is 1. The normalized spacial score (nSPS) is 14.9. The summed E-state index contributed by atoms with van der Waals surface area (Å²) < 4.78 is 10.4. The topological polar surface area (TPSA) is 71.8 Å². The van der Waals surface area contributed by atoms with E-state index in [2.05, 4.69) is 5.32 Å². The van der Waals surface area contributed by atoms with Gasteiger partial charge in [-0.3, -0.25) is 9.59 Å². The first-order valence-corrected chi connectivity index (χ1v) is 8.91. The molecule has 6 nitrogen and oxygen atoms in total. The number of aryl methyl sites for hydroxylation is 1. The number of amides is 2. The molecule has 0 spiro atoms. The summed E-state index contributed by atoms with van der Waals surface area (Å²) in [6.07, 6.45) is 4.15. The van der Waals surface area contributed by atoms with Gasteiger partial charge in [0.1, 0.15) is 5.75 Å². The Kier molecular flexibility index (Phi) is 5.94. The number of rotatable bonds is 6. The van der Waals surface area contributed by atoms with Gasteiger partial charge in [-0.1, -0.05) is 12.1 Å². The highest BCUT2D eigenvalue weighted by Crippen LogP contribution is 2.16. The second kappa shape index (κ2) is 8.56. The summed E-state index contributed by atoms with van der Waals surface area (Å²) in [5, 5.41) is 3.08. The van der Waals surface area contributed by atoms with Crippen LogP contribution in [0.2, 0.25) is 0 Å². The van der Waals surface area contributed by atoms with Crippen molar-refractivity contribution in [2.75, 3.05) is 20.2 Å². The SMILES string of the molecule is COc1cccc(CCC(=O)NC2CCN(C(=O)c3ccco3)CC2)c1.